The average molecular weight is 545 g/mol. The van der Waals surface area contributed by atoms with Crippen molar-refractivity contribution < 1.29 is 43.5 Å². The van der Waals surface area contributed by atoms with Gasteiger partial charge in [-0.25, -0.2) is 4.79 Å². The van der Waals surface area contributed by atoms with Crippen LogP contribution in [0.5, 0.6) is 0 Å². The molecule has 1 spiro atoms. The van der Waals surface area contributed by atoms with E-state index in [1.54, 1.807) is 13.8 Å². The lowest BCUT2D eigenvalue weighted by Crippen LogP contribution is -2.67. The topological polar surface area (TPSA) is 135 Å². The second kappa shape index (κ2) is 7.72. The third-order valence-corrected chi connectivity index (χ3v) is 12.6. The van der Waals surface area contributed by atoms with E-state index in [0.29, 0.717) is 31.3 Å². The largest absolute Gasteiger partial charge is 0.462 e. The van der Waals surface area contributed by atoms with E-state index in [4.69, 9.17) is 18.9 Å². The maximum atomic E-state index is 13.7. The van der Waals surface area contributed by atoms with E-state index < -0.39 is 58.2 Å². The zero-order chi connectivity index (χ0) is 28.0. The lowest BCUT2D eigenvalue weighted by Gasteiger charge is -2.60. The Hall–Kier alpha value is -1.81. The summed E-state index contributed by atoms with van der Waals surface area (Å²) in [6.45, 7) is 10.6. The van der Waals surface area contributed by atoms with Crippen molar-refractivity contribution in [1.82, 2.24) is 0 Å². The third kappa shape index (κ3) is 3.03. The van der Waals surface area contributed by atoms with Crippen LogP contribution in [0, 0.1) is 34.5 Å². The molecular weight excluding hydrogens is 504 g/mol. The van der Waals surface area contributed by atoms with Gasteiger partial charge in [-0.05, 0) is 64.7 Å². The summed E-state index contributed by atoms with van der Waals surface area (Å²) in [6, 6.07) is 0. The molecule has 7 rings (SSSR count). The Labute approximate surface area is 228 Å². The van der Waals surface area contributed by atoms with Gasteiger partial charge in [0.2, 0.25) is 0 Å². The lowest BCUT2D eigenvalue weighted by molar-refractivity contribution is -0.216. The third-order valence-electron chi connectivity index (χ3n) is 12.6. The summed E-state index contributed by atoms with van der Waals surface area (Å²) < 4.78 is 24.0. The molecule has 0 aromatic carbocycles. The zero-order valence-corrected chi connectivity index (χ0v) is 23.6. The van der Waals surface area contributed by atoms with Crippen LogP contribution in [-0.4, -0.2) is 75.8 Å². The van der Waals surface area contributed by atoms with Crippen LogP contribution in [0.25, 0.3) is 0 Å². The van der Waals surface area contributed by atoms with E-state index in [9.17, 15) is 24.6 Å². The van der Waals surface area contributed by atoms with Crippen molar-refractivity contribution in [1.29, 1.82) is 0 Å². The number of ketones is 1. The van der Waals surface area contributed by atoms with Crippen molar-refractivity contribution in [2.45, 2.75) is 121 Å². The van der Waals surface area contributed by atoms with E-state index in [1.807, 2.05) is 20.8 Å². The Kier molecular flexibility index (Phi) is 5.17. The summed E-state index contributed by atoms with van der Waals surface area (Å²) in [6.07, 6.45) is -0.238. The molecule has 3 aliphatic heterocycles. The minimum absolute atomic E-state index is 0.0416. The highest BCUT2D eigenvalue weighted by Gasteiger charge is 2.87. The molecular formula is C30H40O9. The van der Waals surface area contributed by atoms with Gasteiger partial charge in [0.1, 0.15) is 35.3 Å². The second-order valence-electron chi connectivity index (χ2n) is 14.1. The van der Waals surface area contributed by atoms with Crippen LogP contribution in [0.15, 0.2) is 11.1 Å². The molecule has 7 aliphatic rings. The molecule has 9 nitrogen and oxygen atoms in total. The molecule has 14 atom stereocenters. The number of rotatable bonds is 3. The first-order valence-electron chi connectivity index (χ1n) is 14.5. The highest BCUT2D eigenvalue weighted by Crippen LogP contribution is 2.76. The van der Waals surface area contributed by atoms with Crippen molar-refractivity contribution in [2.24, 2.45) is 34.5 Å². The monoisotopic (exact) mass is 544 g/mol. The van der Waals surface area contributed by atoms with Gasteiger partial charge in [-0.3, -0.25) is 9.59 Å². The van der Waals surface area contributed by atoms with Gasteiger partial charge in [0, 0.05) is 36.7 Å². The number of Topliss-reactive ketones (excluding diaryl/α,β-unsaturated/α-hetero) is 1. The van der Waals surface area contributed by atoms with Crippen LogP contribution in [-0.2, 0) is 33.3 Å². The number of epoxide rings is 2. The summed E-state index contributed by atoms with van der Waals surface area (Å²) in [4.78, 5) is 38.6. The maximum Gasteiger partial charge on any atom is 0.334 e. The Morgan fingerprint density at radius 2 is 1.82 bits per heavy atom. The SMILES string of the molecule is CC(=O)O[C@H]1C[C@H]2[C@@H]3C[C@H]4O[C@]45[C@H]4O[C@H]4CC(=O)[C@]5(C)[C@H]3C[C@@H](O)[C@]2(C)[C@H]1[C@@](C)(O)[C@H]1CC(C)=C(C)C(=O)O1. The highest BCUT2D eigenvalue weighted by molar-refractivity contribution is 5.90. The molecule has 0 unspecified atom stereocenters. The van der Waals surface area contributed by atoms with Crippen molar-refractivity contribution >= 4 is 17.7 Å². The molecule has 0 bridgehead atoms. The molecule has 0 amide bonds. The first kappa shape index (κ1) is 26.1. The highest BCUT2D eigenvalue weighted by atomic mass is 16.7. The number of esters is 2. The Morgan fingerprint density at radius 3 is 2.49 bits per heavy atom. The van der Waals surface area contributed by atoms with Gasteiger partial charge in [-0.2, -0.15) is 0 Å². The molecule has 2 saturated heterocycles. The average Bonchev–Trinajstić information content (AvgIpc) is 3.74. The number of hydrogen-bond donors (Lipinski definition) is 2. The van der Waals surface area contributed by atoms with Crippen LogP contribution in [0.3, 0.4) is 0 Å². The number of ether oxygens (including phenoxy) is 4. The molecule has 6 fully saturated rings. The number of aliphatic hydroxyl groups is 2. The Balaban J connectivity index is 1.28. The fraction of sp³-hybridized carbons (Fsp3) is 0.833. The number of carbonyl (C=O) groups is 3. The minimum Gasteiger partial charge on any atom is -0.462 e. The Morgan fingerprint density at radius 1 is 1.10 bits per heavy atom. The van der Waals surface area contributed by atoms with Gasteiger partial charge in [0.05, 0.1) is 23.7 Å². The van der Waals surface area contributed by atoms with Crippen LogP contribution in [0.4, 0.5) is 0 Å². The second-order valence-corrected chi connectivity index (χ2v) is 14.1. The Bertz CT molecular complexity index is 1210. The van der Waals surface area contributed by atoms with Crippen molar-refractivity contribution in [3.8, 4) is 0 Å². The van der Waals surface area contributed by atoms with E-state index in [2.05, 4.69) is 0 Å². The summed E-state index contributed by atoms with van der Waals surface area (Å²) >= 11 is 0. The first-order valence-corrected chi connectivity index (χ1v) is 14.5. The normalized spacial score (nSPS) is 54.8. The van der Waals surface area contributed by atoms with Crippen molar-refractivity contribution in [3.05, 3.63) is 11.1 Å². The van der Waals surface area contributed by atoms with Crippen molar-refractivity contribution in [2.75, 3.05) is 0 Å². The number of fused-ring (bicyclic) bond motifs is 5. The van der Waals surface area contributed by atoms with Crippen molar-refractivity contribution in [3.63, 3.8) is 0 Å². The number of carbonyl (C=O) groups excluding carboxylic acids is 3. The fourth-order valence-electron chi connectivity index (χ4n) is 10.5. The van der Waals surface area contributed by atoms with Gasteiger partial charge in [-0.15, -0.1) is 0 Å². The van der Waals surface area contributed by atoms with E-state index in [1.165, 1.54) is 6.92 Å². The minimum atomic E-state index is -1.58. The smallest absolute Gasteiger partial charge is 0.334 e. The van der Waals surface area contributed by atoms with E-state index in [0.717, 1.165) is 12.0 Å². The quantitative estimate of drug-likeness (QED) is 0.405. The number of hydrogen-bond acceptors (Lipinski definition) is 9. The van der Waals surface area contributed by atoms with Crippen LogP contribution in [0.2, 0.25) is 0 Å². The molecule has 0 aromatic rings. The van der Waals surface area contributed by atoms with Gasteiger partial charge < -0.3 is 29.2 Å². The molecule has 0 aromatic heterocycles. The summed E-state index contributed by atoms with van der Waals surface area (Å²) in [5, 5.41) is 24.3. The van der Waals surface area contributed by atoms with E-state index >= 15 is 0 Å². The molecule has 39 heavy (non-hydrogen) atoms. The van der Waals surface area contributed by atoms with Gasteiger partial charge in [0.25, 0.3) is 0 Å². The molecule has 9 heteroatoms. The number of aliphatic hydroxyl groups excluding tert-OH is 1. The van der Waals surface area contributed by atoms with E-state index in [-0.39, 0.29) is 41.8 Å². The molecule has 0 radical (unpaired) electrons. The van der Waals surface area contributed by atoms with Crippen LogP contribution >= 0.6 is 0 Å². The molecule has 4 saturated carbocycles. The predicted molar refractivity (Wildman–Crippen MR) is 135 cm³/mol. The number of cyclic esters (lactones) is 1. The summed E-state index contributed by atoms with van der Waals surface area (Å²) in [5.41, 5.74) is -2.39. The zero-order valence-electron chi connectivity index (χ0n) is 23.6. The molecule has 214 valence electrons. The van der Waals surface area contributed by atoms with Gasteiger partial charge in [0.15, 0.2) is 0 Å². The molecule has 2 N–H and O–H groups in total. The predicted octanol–water partition coefficient (Wildman–Crippen LogP) is 2.25. The summed E-state index contributed by atoms with van der Waals surface area (Å²) in [7, 11) is 0. The van der Waals surface area contributed by atoms with Crippen LogP contribution < -0.4 is 0 Å². The van der Waals surface area contributed by atoms with Crippen LogP contribution in [0.1, 0.15) is 73.6 Å². The summed E-state index contributed by atoms with van der Waals surface area (Å²) in [5.74, 6) is -1.65. The maximum absolute atomic E-state index is 13.7. The first-order chi connectivity index (χ1) is 18.2. The lowest BCUT2D eigenvalue weighted by atomic mass is 9.43. The van der Waals surface area contributed by atoms with Gasteiger partial charge >= 0.3 is 11.9 Å². The fourth-order valence-corrected chi connectivity index (χ4v) is 10.5. The van der Waals surface area contributed by atoms with Gasteiger partial charge in [-0.1, -0.05) is 12.5 Å². The standard InChI is InChI=1S/C30H40O9/c1-12-7-22(38-26(34)13(12)2)29(6,35)24-18(36-14(3)31)9-16-15-8-23-30(39-23)25-19(37-25)11-21(33)28(30,5)17(15)10-20(32)27(16,24)4/h15-20,22-25,32,35H,7-11H2,1-6H3/t15-,16-,17-,18-,19-,20+,22+,23+,24-,25-,27+,28-,29-,30-/m0/s1. The molecule has 4 aliphatic carbocycles. The molecule has 3 heterocycles.